The standard InChI is InChI=1S/C33H33N3O6S/c1-6-9-25-29(32(38)41-7-2)30(22-14-12-21(13-15-22)19(3)4)35-31(37)28(43-33(35)34-25)18-23-16-17-27(42-23)24-10-8-11-26(20(24)5)36(39)40/h8,10-19,30H,6-7,9H2,1-5H3/b28-18-/t30-/m1/s1. The summed E-state index contributed by atoms with van der Waals surface area (Å²) in [6.45, 7) is 9.88. The van der Waals surface area contributed by atoms with E-state index in [4.69, 9.17) is 14.1 Å². The number of hydrogen-bond donors (Lipinski definition) is 0. The number of nitro benzene ring substituents is 1. The van der Waals surface area contributed by atoms with Gasteiger partial charge in [0.25, 0.3) is 11.2 Å². The molecule has 0 fully saturated rings. The van der Waals surface area contributed by atoms with E-state index in [2.05, 4.69) is 13.8 Å². The first-order chi connectivity index (χ1) is 20.6. The highest BCUT2D eigenvalue weighted by Gasteiger charge is 2.34. The molecule has 4 aromatic rings. The molecule has 3 heterocycles. The number of furan rings is 1. The van der Waals surface area contributed by atoms with Crippen LogP contribution in [0.4, 0.5) is 5.69 Å². The Morgan fingerprint density at radius 2 is 1.91 bits per heavy atom. The van der Waals surface area contributed by atoms with Crippen LogP contribution in [0, 0.1) is 17.0 Å². The summed E-state index contributed by atoms with van der Waals surface area (Å²) in [4.78, 5) is 43.7. The van der Waals surface area contributed by atoms with E-state index >= 15 is 0 Å². The third-order valence-electron chi connectivity index (χ3n) is 7.48. The highest BCUT2D eigenvalue weighted by Crippen LogP contribution is 2.34. The van der Waals surface area contributed by atoms with Crippen LogP contribution in [0.5, 0.6) is 0 Å². The van der Waals surface area contributed by atoms with E-state index in [0.717, 1.165) is 17.5 Å². The quantitative estimate of drug-likeness (QED) is 0.129. The van der Waals surface area contributed by atoms with Crippen molar-refractivity contribution < 1.29 is 18.9 Å². The average molecular weight is 600 g/mol. The fourth-order valence-corrected chi connectivity index (χ4v) is 6.29. The van der Waals surface area contributed by atoms with Gasteiger partial charge in [-0.25, -0.2) is 9.79 Å². The smallest absolute Gasteiger partial charge is 0.338 e. The minimum absolute atomic E-state index is 0.00507. The minimum Gasteiger partial charge on any atom is -0.463 e. The molecule has 5 rings (SSSR count). The second kappa shape index (κ2) is 12.3. The number of carbonyl (C=O) groups excluding carboxylic acids is 1. The molecule has 43 heavy (non-hydrogen) atoms. The molecule has 0 unspecified atom stereocenters. The van der Waals surface area contributed by atoms with Gasteiger partial charge in [0, 0.05) is 23.3 Å². The Labute approximate surface area is 252 Å². The summed E-state index contributed by atoms with van der Waals surface area (Å²) in [5, 5.41) is 11.4. The fourth-order valence-electron chi connectivity index (χ4n) is 5.29. The second-order valence-corrected chi connectivity index (χ2v) is 11.7. The van der Waals surface area contributed by atoms with Crippen molar-refractivity contribution in [1.82, 2.24) is 4.57 Å². The number of aromatic nitrogens is 1. The summed E-state index contributed by atoms with van der Waals surface area (Å²) < 4.78 is 13.5. The third-order valence-corrected chi connectivity index (χ3v) is 8.46. The number of ether oxygens (including phenoxy) is 1. The molecule has 1 atom stereocenters. The van der Waals surface area contributed by atoms with Crippen LogP contribution in [0.1, 0.15) is 74.9 Å². The van der Waals surface area contributed by atoms with E-state index in [-0.39, 0.29) is 17.9 Å². The van der Waals surface area contributed by atoms with Crippen molar-refractivity contribution in [3.8, 4) is 11.3 Å². The first kappa shape index (κ1) is 29.9. The monoisotopic (exact) mass is 599 g/mol. The van der Waals surface area contributed by atoms with Crippen LogP contribution in [0.3, 0.4) is 0 Å². The molecular formula is C33H33N3O6S. The van der Waals surface area contributed by atoms with Gasteiger partial charge >= 0.3 is 5.97 Å². The van der Waals surface area contributed by atoms with Gasteiger partial charge in [0.1, 0.15) is 11.5 Å². The van der Waals surface area contributed by atoms with Crippen LogP contribution in [-0.2, 0) is 9.53 Å². The van der Waals surface area contributed by atoms with E-state index in [9.17, 15) is 19.7 Å². The fraction of sp³-hybridized carbons (Fsp3) is 0.303. The maximum Gasteiger partial charge on any atom is 0.338 e. The van der Waals surface area contributed by atoms with Gasteiger partial charge < -0.3 is 9.15 Å². The van der Waals surface area contributed by atoms with E-state index < -0.39 is 16.9 Å². The number of fused-ring (bicyclic) bond motifs is 1. The van der Waals surface area contributed by atoms with Crippen LogP contribution in [0.25, 0.3) is 17.4 Å². The third kappa shape index (κ3) is 5.75. The molecule has 1 aliphatic heterocycles. The van der Waals surface area contributed by atoms with Crippen molar-refractivity contribution in [2.75, 3.05) is 6.61 Å². The molecule has 2 aromatic heterocycles. The number of esters is 1. The van der Waals surface area contributed by atoms with Crippen molar-refractivity contribution in [3.05, 3.63) is 118 Å². The Bertz CT molecular complexity index is 1910. The van der Waals surface area contributed by atoms with E-state index in [1.54, 1.807) is 48.8 Å². The molecule has 0 N–H and O–H groups in total. The Kier molecular flexibility index (Phi) is 8.59. The van der Waals surface area contributed by atoms with Gasteiger partial charge in [-0.1, -0.05) is 74.9 Å². The molecule has 10 heteroatoms. The summed E-state index contributed by atoms with van der Waals surface area (Å²) in [6.07, 6.45) is 2.97. The highest BCUT2D eigenvalue weighted by molar-refractivity contribution is 7.07. The Balaban J connectivity index is 1.66. The van der Waals surface area contributed by atoms with Gasteiger partial charge in [-0.2, -0.15) is 0 Å². The lowest BCUT2D eigenvalue weighted by Gasteiger charge is -2.26. The number of nitro groups is 1. The first-order valence-corrected chi connectivity index (χ1v) is 15.1. The molecule has 0 aliphatic carbocycles. The van der Waals surface area contributed by atoms with E-state index in [0.29, 0.717) is 55.6 Å². The first-order valence-electron chi connectivity index (χ1n) is 14.3. The van der Waals surface area contributed by atoms with E-state index in [1.165, 1.54) is 17.4 Å². The predicted molar refractivity (Wildman–Crippen MR) is 166 cm³/mol. The number of thiazole rings is 1. The van der Waals surface area contributed by atoms with Crippen molar-refractivity contribution >= 4 is 29.1 Å². The summed E-state index contributed by atoms with van der Waals surface area (Å²) in [5.74, 6) is 0.723. The van der Waals surface area contributed by atoms with Crippen molar-refractivity contribution in [1.29, 1.82) is 0 Å². The molecule has 0 saturated heterocycles. The molecule has 1 aliphatic rings. The molecule has 2 aromatic carbocycles. The van der Waals surface area contributed by atoms with Gasteiger partial charge in [-0.3, -0.25) is 19.5 Å². The zero-order valence-corrected chi connectivity index (χ0v) is 25.6. The predicted octanol–water partition coefficient (Wildman–Crippen LogP) is 6.18. The van der Waals surface area contributed by atoms with E-state index in [1.807, 2.05) is 31.2 Å². The molecule has 0 radical (unpaired) electrons. The summed E-state index contributed by atoms with van der Waals surface area (Å²) in [6, 6.07) is 15.6. The summed E-state index contributed by atoms with van der Waals surface area (Å²) >= 11 is 1.23. The van der Waals surface area contributed by atoms with Crippen molar-refractivity contribution in [3.63, 3.8) is 0 Å². The topological polar surface area (TPSA) is 117 Å². The van der Waals surface area contributed by atoms with Crippen LogP contribution in [-0.4, -0.2) is 22.1 Å². The van der Waals surface area contributed by atoms with Crippen LogP contribution in [0.2, 0.25) is 0 Å². The molecule has 0 bridgehead atoms. The Morgan fingerprint density at radius 1 is 1.16 bits per heavy atom. The SMILES string of the molecule is CCCC1=C(C(=O)OCC)[C@@H](c2ccc(C(C)C)cc2)n2c(s/c(=C\c3ccc(-c4cccc([N+](=O)[O-])c4C)o3)c2=O)=N1. The zero-order valence-electron chi connectivity index (χ0n) is 24.7. The van der Waals surface area contributed by atoms with Crippen LogP contribution < -0.4 is 14.9 Å². The zero-order chi connectivity index (χ0) is 30.8. The van der Waals surface area contributed by atoms with Gasteiger partial charge in [0.2, 0.25) is 0 Å². The number of nitrogens with zero attached hydrogens (tertiary/aromatic N) is 3. The Hall–Kier alpha value is -4.57. The van der Waals surface area contributed by atoms with Gasteiger partial charge in [-0.15, -0.1) is 0 Å². The Morgan fingerprint density at radius 3 is 2.56 bits per heavy atom. The number of benzene rings is 2. The van der Waals surface area contributed by atoms with Gasteiger partial charge in [-0.05, 0) is 49.4 Å². The molecular weight excluding hydrogens is 566 g/mol. The van der Waals surface area contributed by atoms with Gasteiger partial charge in [0.05, 0.1) is 33.4 Å². The maximum absolute atomic E-state index is 14.0. The normalized spacial score (nSPS) is 15.0. The van der Waals surface area contributed by atoms with Crippen LogP contribution in [0.15, 0.2) is 80.1 Å². The summed E-state index contributed by atoms with van der Waals surface area (Å²) in [5.41, 5.74) is 3.74. The second-order valence-electron chi connectivity index (χ2n) is 10.6. The largest absolute Gasteiger partial charge is 0.463 e. The number of carbonyl (C=O) groups is 1. The number of allylic oxidation sites excluding steroid dienone is 1. The lowest BCUT2D eigenvalue weighted by Crippen LogP contribution is -2.40. The number of hydrogen-bond acceptors (Lipinski definition) is 8. The summed E-state index contributed by atoms with van der Waals surface area (Å²) in [7, 11) is 0. The molecule has 0 spiro atoms. The van der Waals surface area contributed by atoms with Crippen molar-refractivity contribution in [2.45, 2.75) is 59.4 Å². The lowest BCUT2D eigenvalue weighted by molar-refractivity contribution is -0.385. The van der Waals surface area contributed by atoms with Crippen LogP contribution >= 0.6 is 11.3 Å². The minimum atomic E-state index is -0.695. The lowest BCUT2D eigenvalue weighted by atomic mass is 9.92. The van der Waals surface area contributed by atoms with Crippen molar-refractivity contribution in [2.24, 2.45) is 4.99 Å². The number of rotatable bonds is 9. The molecule has 222 valence electrons. The highest BCUT2D eigenvalue weighted by atomic mass is 32.1. The molecule has 0 saturated carbocycles. The molecule has 0 amide bonds. The van der Waals surface area contributed by atoms with Gasteiger partial charge in [0.15, 0.2) is 4.80 Å². The molecule has 9 nitrogen and oxygen atoms in total. The maximum atomic E-state index is 14.0. The average Bonchev–Trinajstić information content (AvgIpc) is 3.56.